The van der Waals surface area contributed by atoms with Crippen LogP contribution in [-0.4, -0.2) is 57.4 Å². The molecule has 132 valence electrons. The van der Waals surface area contributed by atoms with Gasteiger partial charge < -0.3 is 14.4 Å². The van der Waals surface area contributed by atoms with Gasteiger partial charge in [0.1, 0.15) is 11.3 Å². The highest BCUT2D eigenvalue weighted by Gasteiger charge is 2.49. The van der Waals surface area contributed by atoms with Gasteiger partial charge in [-0.15, -0.1) is 0 Å². The number of nitrogens with zero attached hydrogens (tertiary/aromatic N) is 3. The molecule has 25 heavy (non-hydrogen) atoms. The molecule has 0 radical (unpaired) electrons. The number of ether oxygens (including phenoxy) is 2. The first-order valence-corrected chi connectivity index (χ1v) is 8.60. The van der Waals surface area contributed by atoms with Gasteiger partial charge in [0.2, 0.25) is 0 Å². The quantitative estimate of drug-likeness (QED) is 0.915. The summed E-state index contributed by atoms with van der Waals surface area (Å²) in [6, 6.07) is 7.65. The highest BCUT2D eigenvalue weighted by molar-refractivity contribution is 5.92. The number of carbonyl (C=O) groups excluding carboxylic acids is 1. The Bertz CT molecular complexity index is 741. The monoisotopic (exact) mass is 342 g/mol. The molecule has 7 heteroatoms. The number of aryl methyl sites for hydroxylation is 1. The van der Waals surface area contributed by atoms with E-state index in [0.29, 0.717) is 32.0 Å². The number of rotatable bonds is 4. The molecule has 0 bridgehead atoms. The Labute approximate surface area is 146 Å². The van der Waals surface area contributed by atoms with Crippen molar-refractivity contribution in [2.45, 2.75) is 38.1 Å². The topological polar surface area (TPSA) is 80.3 Å². The van der Waals surface area contributed by atoms with Gasteiger partial charge in [-0.3, -0.25) is 14.9 Å². The van der Waals surface area contributed by atoms with Crippen LogP contribution in [0.4, 0.5) is 0 Å². The summed E-state index contributed by atoms with van der Waals surface area (Å²) in [5.41, 5.74) is 2.20. The van der Waals surface area contributed by atoms with E-state index in [1.54, 1.807) is 17.2 Å². The number of carbonyl (C=O) groups is 1. The molecule has 1 spiro atoms. The fraction of sp³-hybridized carbons (Fsp3) is 0.500. The number of hydrogen-bond acceptors (Lipinski definition) is 5. The van der Waals surface area contributed by atoms with E-state index in [4.69, 9.17) is 9.47 Å². The van der Waals surface area contributed by atoms with E-state index in [-0.39, 0.29) is 17.6 Å². The smallest absolute Gasteiger partial charge is 0.272 e. The summed E-state index contributed by atoms with van der Waals surface area (Å²) in [6.45, 7) is 4.37. The van der Waals surface area contributed by atoms with Gasteiger partial charge in [-0.05, 0) is 31.5 Å². The van der Waals surface area contributed by atoms with Crippen molar-refractivity contribution in [3.63, 3.8) is 0 Å². The van der Waals surface area contributed by atoms with Crippen LogP contribution in [0.3, 0.4) is 0 Å². The maximum Gasteiger partial charge on any atom is 0.272 e. The zero-order valence-electron chi connectivity index (χ0n) is 14.3. The van der Waals surface area contributed by atoms with Gasteiger partial charge in [0.05, 0.1) is 31.5 Å². The molecular weight excluding hydrogens is 320 g/mol. The fourth-order valence-electron chi connectivity index (χ4n) is 3.57. The first-order chi connectivity index (χ1) is 12.1. The lowest BCUT2D eigenvalue weighted by Crippen LogP contribution is -2.67. The van der Waals surface area contributed by atoms with Crippen molar-refractivity contribution in [2.75, 3.05) is 19.7 Å². The van der Waals surface area contributed by atoms with E-state index in [1.807, 2.05) is 25.1 Å². The molecule has 2 fully saturated rings. The molecule has 0 aromatic carbocycles. The van der Waals surface area contributed by atoms with E-state index in [0.717, 1.165) is 24.2 Å². The molecule has 4 rings (SSSR count). The number of amides is 1. The molecule has 2 aromatic heterocycles. The minimum absolute atomic E-state index is 0.0290. The number of aromatic nitrogens is 3. The van der Waals surface area contributed by atoms with Gasteiger partial charge in [0.15, 0.2) is 0 Å². The molecule has 7 nitrogen and oxygen atoms in total. The third-order valence-electron chi connectivity index (χ3n) is 4.84. The van der Waals surface area contributed by atoms with Crippen molar-refractivity contribution in [3.05, 3.63) is 47.5 Å². The lowest BCUT2D eigenvalue weighted by Gasteiger charge is -2.52. The maximum atomic E-state index is 12.3. The van der Waals surface area contributed by atoms with Crippen molar-refractivity contribution in [3.8, 4) is 0 Å². The van der Waals surface area contributed by atoms with Gasteiger partial charge >= 0.3 is 0 Å². The Kier molecular flexibility index (Phi) is 4.27. The standard InChI is InChI=1S/C18H22N4O3/c1-13-3-2-4-14(20-13)10-24-15-6-8-25-18(9-15)11-22(12-18)17(23)16-5-7-19-21-16/h2-5,7,15H,6,8-12H2,1H3,(H,19,21). The highest BCUT2D eigenvalue weighted by Crippen LogP contribution is 2.36. The zero-order chi connectivity index (χ0) is 17.3. The maximum absolute atomic E-state index is 12.3. The molecular formula is C18H22N4O3. The Hall–Kier alpha value is -2.25. The van der Waals surface area contributed by atoms with Gasteiger partial charge in [-0.25, -0.2) is 0 Å². The van der Waals surface area contributed by atoms with Gasteiger partial charge in [-0.1, -0.05) is 6.07 Å². The molecule has 1 atom stereocenters. The Morgan fingerprint density at radius 1 is 1.44 bits per heavy atom. The summed E-state index contributed by atoms with van der Waals surface area (Å²) in [5.74, 6) is -0.0290. The van der Waals surface area contributed by atoms with Crippen molar-refractivity contribution in [1.82, 2.24) is 20.1 Å². The molecule has 2 aliphatic heterocycles. The van der Waals surface area contributed by atoms with Crippen LogP contribution >= 0.6 is 0 Å². The first-order valence-electron chi connectivity index (χ1n) is 8.60. The third-order valence-corrected chi connectivity index (χ3v) is 4.84. The number of aromatic amines is 1. The summed E-state index contributed by atoms with van der Waals surface area (Å²) in [4.78, 5) is 18.6. The second-order valence-corrected chi connectivity index (χ2v) is 6.86. The lowest BCUT2D eigenvalue weighted by molar-refractivity contribution is -0.188. The second-order valence-electron chi connectivity index (χ2n) is 6.86. The molecule has 2 aromatic rings. The summed E-state index contributed by atoms with van der Waals surface area (Å²) >= 11 is 0. The highest BCUT2D eigenvalue weighted by atomic mass is 16.5. The molecule has 4 heterocycles. The Balaban J connectivity index is 1.31. The van der Waals surface area contributed by atoms with Crippen LogP contribution in [-0.2, 0) is 16.1 Å². The number of nitrogens with one attached hydrogen (secondary N) is 1. The number of hydrogen-bond donors (Lipinski definition) is 1. The molecule has 0 saturated carbocycles. The van der Waals surface area contributed by atoms with Crippen molar-refractivity contribution in [2.24, 2.45) is 0 Å². The minimum Gasteiger partial charge on any atom is -0.372 e. The van der Waals surface area contributed by atoms with E-state index in [9.17, 15) is 4.79 Å². The second kappa shape index (κ2) is 6.57. The third kappa shape index (κ3) is 3.43. The predicted octanol–water partition coefficient (Wildman–Crippen LogP) is 1.70. The largest absolute Gasteiger partial charge is 0.372 e. The average Bonchev–Trinajstić information content (AvgIpc) is 3.12. The van der Waals surface area contributed by atoms with Crippen molar-refractivity contribution in [1.29, 1.82) is 0 Å². The molecule has 2 saturated heterocycles. The van der Waals surface area contributed by atoms with E-state index in [1.165, 1.54) is 0 Å². The average molecular weight is 342 g/mol. The predicted molar refractivity (Wildman–Crippen MR) is 90.0 cm³/mol. The number of likely N-dealkylation sites (tertiary alicyclic amines) is 1. The first kappa shape index (κ1) is 16.2. The van der Waals surface area contributed by atoms with Gasteiger partial charge in [-0.2, -0.15) is 5.10 Å². The van der Waals surface area contributed by atoms with E-state index in [2.05, 4.69) is 15.2 Å². The Morgan fingerprint density at radius 3 is 3.08 bits per heavy atom. The summed E-state index contributed by atoms with van der Waals surface area (Å²) in [7, 11) is 0. The normalized spacial score (nSPS) is 22.0. The fourth-order valence-corrected chi connectivity index (χ4v) is 3.57. The number of pyridine rings is 1. The summed E-state index contributed by atoms with van der Waals surface area (Å²) in [6.07, 6.45) is 3.41. The van der Waals surface area contributed by atoms with E-state index < -0.39 is 0 Å². The van der Waals surface area contributed by atoms with E-state index >= 15 is 0 Å². The lowest BCUT2D eigenvalue weighted by atomic mass is 9.84. The number of H-pyrrole nitrogens is 1. The molecule has 1 amide bonds. The molecule has 1 N–H and O–H groups in total. The zero-order valence-corrected chi connectivity index (χ0v) is 14.3. The molecule has 0 aliphatic carbocycles. The van der Waals surface area contributed by atoms with Crippen LogP contribution in [0, 0.1) is 6.92 Å². The summed E-state index contributed by atoms with van der Waals surface area (Å²) in [5, 5.41) is 6.55. The molecule has 2 aliphatic rings. The van der Waals surface area contributed by atoms with Crippen molar-refractivity contribution >= 4 is 5.91 Å². The van der Waals surface area contributed by atoms with Crippen LogP contribution in [0.2, 0.25) is 0 Å². The van der Waals surface area contributed by atoms with Gasteiger partial charge in [0, 0.05) is 24.9 Å². The van der Waals surface area contributed by atoms with Crippen molar-refractivity contribution < 1.29 is 14.3 Å². The van der Waals surface area contributed by atoms with Crippen LogP contribution in [0.1, 0.15) is 34.7 Å². The van der Waals surface area contributed by atoms with Crippen LogP contribution in [0.15, 0.2) is 30.5 Å². The SMILES string of the molecule is Cc1cccc(COC2CCOC3(C2)CN(C(=O)c2ccn[nH]2)C3)n1. The summed E-state index contributed by atoms with van der Waals surface area (Å²) < 4.78 is 12.0. The molecule has 1 unspecified atom stereocenters. The van der Waals surface area contributed by atoms with Crippen LogP contribution < -0.4 is 0 Å². The minimum atomic E-state index is -0.265. The van der Waals surface area contributed by atoms with Gasteiger partial charge in [0.25, 0.3) is 5.91 Å². The van der Waals surface area contributed by atoms with Crippen LogP contribution in [0.5, 0.6) is 0 Å². The Morgan fingerprint density at radius 2 is 2.32 bits per heavy atom. The van der Waals surface area contributed by atoms with Crippen LogP contribution in [0.25, 0.3) is 0 Å².